The zero-order valence-electron chi connectivity index (χ0n) is 15.1. The standard InChI is InChI=1S/C21H20ClN5/c1-15-14-26(25-19-5-3-2-4-6-19)9-10-27(15)21-17(13-23)11-16-7-8-18(22)12-20(16)24-21/h2-8,11-12,15,25H,9-10,14H2,1H3. The third-order valence-electron chi connectivity index (χ3n) is 4.84. The molecule has 0 radical (unpaired) electrons. The first-order chi connectivity index (χ1) is 13.1. The maximum Gasteiger partial charge on any atom is 0.147 e. The fraction of sp³-hybridized carbons (Fsp3) is 0.238. The molecule has 3 aromatic rings. The monoisotopic (exact) mass is 377 g/mol. The summed E-state index contributed by atoms with van der Waals surface area (Å²) in [5.41, 5.74) is 5.94. The van der Waals surface area contributed by atoms with Crippen LogP contribution in [0.1, 0.15) is 12.5 Å². The first kappa shape index (κ1) is 17.6. The molecule has 1 saturated heterocycles. The Balaban J connectivity index is 1.58. The summed E-state index contributed by atoms with van der Waals surface area (Å²) in [6, 6.07) is 20.1. The van der Waals surface area contributed by atoms with Crippen molar-refractivity contribution < 1.29 is 0 Å². The van der Waals surface area contributed by atoms with Gasteiger partial charge in [-0.25, -0.2) is 9.99 Å². The van der Waals surface area contributed by atoms with Gasteiger partial charge in [0.05, 0.1) is 11.1 Å². The van der Waals surface area contributed by atoms with Gasteiger partial charge in [-0.2, -0.15) is 5.26 Å². The van der Waals surface area contributed by atoms with Crippen LogP contribution in [0.15, 0.2) is 54.6 Å². The van der Waals surface area contributed by atoms with Crippen LogP contribution in [0.2, 0.25) is 5.02 Å². The Morgan fingerprint density at radius 1 is 1.15 bits per heavy atom. The van der Waals surface area contributed by atoms with E-state index in [2.05, 4.69) is 40.5 Å². The van der Waals surface area contributed by atoms with E-state index < -0.39 is 0 Å². The quantitative estimate of drug-likeness (QED) is 0.737. The first-order valence-electron chi connectivity index (χ1n) is 8.98. The molecule has 0 bridgehead atoms. The number of pyridine rings is 1. The smallest absolute Gasteiger partial charge is 0.147 e. The van der Waals surface area contributed by atoms with E-state index in [1.165, 1.54) is 0 Å². The fourth-order valence-corrected chi connectivity index (χ4v) is 3.67. The maximum absolute atomic E-state index is 9.63. The summed E-state index contributed by atoms with van der Waals surface area (Å²) in [7, 11) is 0. The third-order valence-corrected chi connectivity index (χ3v) is 5.08. The average molecular weight is 378 g/mol. The van der Waals surface area contributed by atoms with Gasteiger partial charge in [0.15, 0.2) is 0 Å². The third kappa shape index (κ3) is 3.68. The number of fused-ring (bicyclic) bond motifs is 1. The number of nitrogens with zero attached hydrogens (tertiary/aromatic N) is 4. The second-order valence-electron chi connectivity index (χ2n) is 6.77. The van der Waals surface area contributed by atoms with Crippen LogP contribution >= 0.6 is 11.6 Å². The molecule has 0 aliphatic carbocycles. The largest absolute Gasteiger partial charge is 0.350 e. The zero-order valence-corrected chi connectivity index (χ0v) is 15.8. The Morgan fingerprint density at radius 2 is 1.96 bits per heavy atom. The van der Waals surface area contributed by atoms with Crippen LogP contribution in [-0.2, 0) is 0 Å². The van der Waals surface area contributed by atoms with Crippen molar-refractivity contribution in [3.8, 4) is 6.07 Å². The SMILES string of the molecule is CC1CN(Nc2ccccc2)CCN1c1nc2cc(Cl)ccc2cc1C#N. The predicted octanol–water partition coefficient (Wildman–Crippen LogP) is 4.30. The maximum atomic E-state index is 9.63. The van der Waals surface area contributed by atoms with Gasteiger partial charge in [-0.1, -0.05) is 35.9 Å². The molecule has 2 aromatic carbocycles. The number of hydrazine groups is 1. The average Bonchev–Trinajstić information content (AvgIpc) is 2.68. The van der Waals surface area contributed by atoms with E-state index in [1.54, 1.807) is 0 Å². The second-order valence-corrected chi connectivity index (χ2v) is 7.21. The highest BCUT2D eigenvalue weighted by Gasteiger charge is 2.27. The van der Waals surface area contributed by atoms with Crippen molar-refractivity contribution in [3.63, 3.8) is 0 Å². The van der Waals surface area contributed by atoms with E-state index in [9.17, 15) is 5.26 Å². The Morgan fingerprint density at radius 3 is 2.70 bits per heavy atom. The Hall–Kier alpha value is -2.81. The molecule has 136 valence electrons. The highest BCUT2D eigenvalue weighted by atomic mass is 35.5. The fourth-order valence-electron chi connectivity index (χ4n) is 3.50. The number of nitriles is 1. The molecule has 2 heterocycles. The summed E-state index contributed by atoms with van der Waals surface area (Å²) >= 11 is 6.12. The lowest BCUT2D eigenvalue weighted by molar-refractivity contribution is 0.271. The Labute approximate surface area is 163 Å². The van der Waals surface area contributed by atoms with Gasteiger partial charge in [-0.05, 0) is 37.3 Å². The van der Waals surface area contributed by atoms with Crippen molar-refractivity contribution in [2.24, 2.45) is 0 Å². The number of hydrogen-bond donors (Lipinski definition) is 1. The van der Waals surface area contributed by atoms with Crippen LogP contribution < -0.4 is 10.3 Å². The molecule has 4 rings (SSSR count). The van der Waals surface area contributed by atoms with E-state index in [1.807, 2.05) is 42.5 Å². The summed E-state index contributed by atoms with van der Waals surface area (Å²) < 4.78 is 0. The molecule has 5 nitrogen and oxygen atoms in total. The molecule has 0 spiro atoms. The van der Waals surface area contributed by atoms with Crippen molar-refractivity contribution >= 4 is 34.0 Å². The molecule has 1 aliphatic rings. The number of para-hydroxylation sites is 1. The van der Waals surface area contributed by atoms with Crippen LogP contribution in [0.5, 0.6) is 0 Å². The van der Waals surface area contributed by atoms with E-state index in [0.717, 1.165) is 42.0 Å². The molecule has 1 atom stereocenters. The van der Waals surface area contributed by atoms with Crippen molar-refractivity contribution in [2.45, 2.75) is 13.0 Å². The van der Waals surface area contributed by atoms with Crippen molar-refractivity contribution in [3.05, 3.63) is 65.2 Å². The van der Waals surface area contributed by atoms with Gasteiger partial charge in [0.25, 0.3) is 0 Å². The number of benzene rings is 2. The van der Waals surface area contributed by atoms with E-state index in [-0.39, 0.29) is 6.04 Å². The van der Waals surface area contributed by atoms with Gasteiger partial charge in [0.1, 0.15) is 11.9 Å². The first-order valence-corrected chi connectivity index (χ1v) is 9.35. The number of hydrogen-bond acceptors (Lipinski definition) is 5. The van der Waals surface area contributed by atoms with E-state index in [4.69, 9.17) is 16.6 Å². The summed E-state index contributed by atoms with van der Waals surface area (Å²) in [6.07, 6.45) is 0. The highest BCUT2D eigenvalue weighted by molar-refractivity contribution is 6.31. The lowest BCUT2D eigenvalue weighted by Gasteiger charge is -2.41. The van der Waals surface area contributed by atoms with Gasteiger partial charge in [0.2, 0.25) is 0 Å². The lowest BCUT2D eigenvalue weighted by atomic mass is 10.1. The number of rotatable bonds is 3. The van der Waals surface area contributed by atoms with Gasteiger partial charge in [0, 0.05) is 41.8 Å². The number of aromatic nitrogens is 1. The molecule has 1 N–H and O–H groups in total. The van der Waals surface area contributed by atoms with Gasteiger partial charge < -0.3 is 10.3 Å². The van der Waals surface area contributed by atoms with E-state index in [0.29, 0.717) is 10.6 Å². The molecular weight excluding hydrogens is 358 g/mol. The van der Waals surface area contributed by atoms with Crippen molar-refractivity contribution in [2.75, 3.05) is 30.0 Å². The number of anilines is 2. The Kier molecular flexibility index (Phi) is 4.85. The molecule has 1 aliphatic heterocycles. The van der Waals surface area contributed by atoms with Crippen LogP contribution in [-0.4, -0.2) is 35.7 Å². The summed E-state index contributed by atoms with van der Waals surface area (Å²) in [5, 5.41) is 13.4. The van der Waals surface area contributed by atoms with Crippen LogP contribution in [0.4, 0.5) is 11.5 Å². The van der Waals surface area contributed by atoms with Gasteiger partial charge in [-0.15, -0.1) is 0 Å². The molecule has 27 heavy (non-hydrogen) atoms. The molecule has 1 fully saturated rings. The minimum atomic E-state index is 0.214. The van der Waals surface area contributed by atoms with Crippen molar-refractivity contribution in [1.82, 2.24) is 9.99 Å². The van der Waals surface area contributed by atoms with Gasteiger partial charge >= 0.3 is 0 Å². The Bertz CT molecular complexity index is 999. The highest BCUT2D eigenvalue weighted by Crippen LogP contribution is 2.28. The normalized spacial score (nSPS) is 17.7. The molecule has 6 heteroatoms. The molecular formula is C21H20ClN5. The van der Waals surface area contributed by atoms with Gasteiger partial charge in [-0.3, -0.25) is 0 Å². The van der Waals surface area contributed by atoms with E-state index >= 15 is 0 Å². The van der Waals surface area contributed by atoms with Crippen LogP contribution in [0.3, 0.4) is 0 Å². The predicted molar refractivity (Wildman–Crippen MR) is 110 cm³/mol. The lowest BCUT2D eigenvalue weighted by Crippen LogP contribution is -2.54. The second kappa shape index (κ2) is 7.43. The summed E-state index contributed by atoms with van der Waals surface area (Å²) in [5.74, 6) is 0.735. The van der Waals surface area contributed by atoms with Crippen molar-refractivity contribution in [1.29, 1.82) is 5.26 Å². The van der Waals surface area contributed by atoms with Crippen LogP contribution in [0.25, 0.3) is 10.9 Å². The topological polar surface area (TPSA) is 55.2 Å². The molecule has 1 aromatic heterocycles. The minimum Gasteiger partial charge on any atom is -0.350 e. The molecule has 1 unspecified atom stereocenters. The number of halogens is 1. The minimum absolute atomic E-state index is 0.214. The summed E-state index contributed by atoms with van der Waals surface area (Å²) in [6.45, 7) is 4.60. The number of piperazine rings is 1. The van der Waals surface area contributed by atoms with Crippen LogP contribution in [0, 0.1) is 11.3 Å². The summed E-state index contributed by atoms with van der Waals surface area (Å²) in [4.78, 5) is 6.98. The molecule has 0 amide bonds. The molecule has 0 saturated carbocycles. The number of nitrogens with one attached hydrogen (secondary N) is 1. The zero-order chi connectivity index (χ0) is 18.8.